The summed E-state index contributed by atoms with van der Waals surface area (Å²) in [7, 11) is 0. The number of nitrogens with zero attached hydrogens (tertiary/aromatic N) is 1. The molecule has 0 bridgehead atoms. The number of Topliss-reactive ketones (excluding diaryl/α,β-unsaturated/α-hetero) is 1. The molecule has 23 heavy (non-hydrogen) atoms. The molecule has 2 heterocycles. The second-order valence-electron chi connectivity index (χ2n) is 7.03. The molecule has 4 nitrogen and oxygen atoms in total. The van der Waals surface area contributed by atoms with Gasteiger partial charge in [-0.05, 0) is 18.4 Å². The molecular weight excluding hydrogens is 290 g/mol. The number of hydrogen-bond acceptors (Lipinski definition) is 4. The van der Waals surface area contributed by atoms with Crippen LogP contribution in [0.3, 0.4) is 0 Å². The van der Waals surface area contributed by atoms with Crippen molar-refractivity contribution in [1.29, 1.82) is 0 Å². The van der Waals surface area contributed by atoms with Crippen LogP contribution in [0.4, 0.5) is 0 Å². The maximum atomic E-state index is 12.6. The smallest absolute Gasteiger partial charge is 0.170 e. The number of likely N-dealkylation sites (tertiary alicyclic amines) is 1. The molecule has 0 aromatic heterocycles. The molecule has 3 aliphatic rings. The number of ketones is 1. The van der Waals surface area contributed by atoms with E-state index < -0.39 is 0 Å². The fraction of sp³-hybridized carbons (Fsp3) is 0.632. The van der Waals surface area contributed by atoms with Crippen molar-refractivity contribution in [3.8, 4) is 0 Å². The van der Waals surface area contributed by atoms with E-state index in [1.54, 1.807) is 0 Å². The summed E-state index contributed by atoms with van der Waals surface area (Å²) in [5, 5.41) is 0. The molecule has 4 heteroatoms. The molecule has 0 amide bonds. The van der Waals surface area contributed by atoms with Gasteiger partial charge < -0.3 is 9.47 Å². The van der Waals surface area contributed by atoms with Crippen molar-refractivity contribution in [2.24, 2.45) is 5.92 Å². The van der Waals surface area contributed by atoms with E-state index in [-0.39, 0.29) is 11.7 Å². The zero-order valence-corrected chi connectivity index (χ0v) is 13.6. The number of benzene rings is 1. The first kappa shape index (κ1) is 15.3. The molecule has 1 saturated carbocycles. The standard InChI is InChI=1S/C19H25NO3/c21-18(15-5-3-6-15)17-7-2-1-4-16(17)14-20-10-8-19(9-11-20)22-12-13-23-19/h1-2,4,7,15H,3,5-6,8-14H2. The maximum absolute atomic E-state index is 12.6. The van der Waals surface area contributed by atoms with E-state index in [0.717, 1.165) is 64.1 Å². The number of ether oxygens (including phenoxy) is 2. The third-order valence-electron chi connectivity index (χ3n) is 5.58. The Balaban J connectivity index is 1.42. The largest absolute Gasteiger partial charge is 0.347 e. The Morgan fingerprint density at radius 2 is 1.83 bits per heavy atom. The molecule has 124 valence electrons. The summed E-state index contributed by atoms with van der Waals surface area (Å²) in [6, 6.07) is 8.14. The predicted octanol–water partition coefficient (Wildman–Crippen LogP) is 3.01. The molecule has 4 rings (SSSR count). The second kappa shape index (κ2) is 6.34. The molecule has 2 saturated heterocycles. The molecule has 1 aromatic carbocycles. The van der Waals surface area contributed by atoms with E-state index in [9.17, 15) is 4.79 Å². The molecular formula is C19H25NO3. The lowest BCUT2D eigenvalue weighted by molar-refractivity contribution is -0.185. The Kier molecular flexibility index (Phi) is 4.22. The lowest BCUT2D eigenvalue weighted by Gasteiger charge is -2.37. The highest BCUT2D eigenvalue weighted by molar-refractivity contribution is 5.99. The number of rotatable bonds is 4. The summed E-state index contributed by atoms with van der Waals surface area (Å²) in [6.45, 7) is 4.22. The van der Waals surface area contributed by atoms with Crippen molar-refractivity contribution in [2.45, 2.75) is 44.4 Å². The van der Waals surface area contributed by atoms with Crippen LogP contribution in [-0.4, -0.2) is 42.8 Å². The zero-order chi connectivity index (χ0) is 15.7. The van der Waals surface area contributed by atoms with Crippen molar-refractivity contribution in [3.05, 3.63) is 35.4 Å². The molecule has 0 N–H and O–H groups in total. The van der Waals surface area contributed by atoms with E-state index in [1.165, 1.54) is 12.0 Å². The molecule has 1 aromatic rings. The Morgan fingerprint density at radius 3 is 2.48 bits per heavy atom. The summed E-state index contributed by atoms with van der Waals surface area (Å²) in [5.74, 6) is 0.293. The van der Waals surface area contributed by atoms with Gasteiger partial charge >= 0.3 is 0 Å². The first-order valence-electron chi connectivity index (χ1n) is 8.88. The first-order chi connectivity index (χ1) is 11.3. The number of carbonyl (C=O) groups is 1. The lowest BCUT2D eigenvalue weighted by Crippen LogP contribution is -2.44. The van der Waals surface area contributed by atoms with Gasteiger partial charge in [-0.3, -0.25) is 9.69 Å². The maximum Gasteiger partial charge on any atom is 0.170 e. The van der Waals surface area contributed by atoms with Crippen molar-refractivity contribution in [2.75, 3.05) is 26.3 Å². The highest BCUT2D eigenvalue weighted by Gasteiger charge is 2.39. The fourth-order valence-corrected chi connectivity index (χ4v) is 3.87. The average molecular weight is 315 g/mol. The third kappa shape index (κ3) is 3.08. The Labute approximate surface area is 137 Å². The van der Waals surface area contributed by atoms with Gasteiger partial charge in [0.05, 0.1) is 13.2 Å². The molecule has 1 spiro atoms. The molecule has 0 atom stereocenters. The van der Waals surface area contributed by atoms with E-state index in [0.29, 0.717) is 5.78 Å². The minimum atomic E-state index is -0.322. The summed E-state index contributed by atoms with van der Waals surface area (Å²) in [4.78, 5) is 15.1. The predicted molar refractivity (Wildman–Crippen MR) is 87.3 cm³/mol. The molecule has 0 unspecified atom stereocenters. The van der Waals surface area contributed by atoms with Crippen LogP contribution < -0.4 is 0 Å². The number of piperidine rings is 1. The third-order valence-corrected chi connectivity index (χ3v) is 5.58. The lowest BCUT2D eigenvalue weighted by atomic mass is 9.79. The molecule has 3 fully saturated rings. The van der Waals surface area contributed by atoms with Crippen LogP contribution in [0.15, 0.2) is 24.3 Å². The Hall–Kier alpha value is -1.23. The summed E-state index contributed by atoms with van der Waals surface area (Å²) in [6.07, 6.45) is 5.17. The fourth-order valence-electron chi connectivity index (χ4n) is 3.87. The minimum Gasteiger partial charge on any atom is -0.347 e. The average Bonchev–Trinajstić information content (AvgIpc) is 2.97. The van der Waals surface area contributed by atoms with E-state index in [2.05, 4.69) is 11.0 Å². The van der Waals surface area contributed by atoms with Crippen LogP contribution >= 0.6 is 0 Å². The van der Waals surface area contributed by atoms with Gasteiger partial charge in [0, 0.05) is 44.0 Å². The summed E-state index contributed by atoms with van der Waals surface area (Å²) >= 11 is 0. The van der Waals surface area contributed by atoms with E-state index >= 15 is 0 Å². The normalized spacial score (nSPS) is 24.7. The van der Waals surface area contributed by atoms with Gasteiger partial charge in [0.25, 0.3) is 0 Å². The van der Waals surface area contributed by atoms with Crippen molar-refractivity contribution < 1.29 is 14.3 Å². The van der Waals surface area contributed by atoms with Crippen LogP contribution in [0.25, 0.3) is 0 Å². The summed E-state index contributed by atoms with van der Waals surface area (Å²) < 4.78 is 11.6. The van der Waals surface area contributed by atoms with Gasteiger partial charge in [-0.1, -0.05) is 30.7 Å². The Morgan fingerprint density at radius 1 is 1.13 bits per heavy atom. The van der Waals surface area contributed by atoms with Crippen molar-refractivity contribution >= 4 is 5.78 Å². The Bertz CT molecular complexity index is 566. The van der Waals surface area contributed by atoms with Crippen LogP contribution in [-0.2, 0) is 16.0 Å². The first-order valence-corrected chi connectivity index (χ1v) is 8.88. The van der Waals surface area contributed by atoms with Gasteiger partial charge in [-0.25, -0.2) is 0 Å². The number of carbonyl (C=O) groups excluding carboxylic acids is 1. The SMILES string of the molecule is O=C(c1ccccc1CN1CCC2(CC1)OCCO2)C1CCC1. The highest BCUT2D eigenvalue weighted by Crippen LogP contribution is 2.33. The van der Waals surface area contributed by atoms with E-state index in [4.69, 9.17) is 9.47 Å². The monoisotopic (exact) mass is 315 g/mol. The second-order valence-corrected chi connectivity index (χ2v) is 7.03. The van der Waals surface area contributed by atoms with Gasteiger partial charge in [-0.15, -0.1) is 0 Å². The van der Waals surface area contributed by atoms with Crippen LogP contribution in [0.5, 0.6) is 0 Å². The van der Waals surface area contributed by atoms with Crippen molar-refractivity contribution in [3.63, 3.8) is 0 Å². The number of hydrogen-bond donors (Lipinski definition) is 0. The van der Waals surface area contributed by atoms with Crippen LogP contribution in [0.1, 0.15) is 48.0 Å². The quantitative estimate of drug-likeness (QED) is 0.801. The summed E-state index contributed by atoms with van der Waals surface area (Å²) in [5.41, 5.74) is 2.11. The van der Waals surface area contributed by atoms with Gasteiger partial charge in [-0.2, -0.15) is 0 Å². The highest BCUT2D eigenvalue weighted by atomic mass is 16.7. The van der Waals surface area contributed by atoms with Crippen LogP contribution in [0.2, 0.25) is 0 Å². The zero-order valence-electron chi connectivity index (χ0n) is 13.6. The van der Waals surface area contributed by atoms with Gasteiger partial charge in [0.15, 0.2) is 11.6 Å². The molecule has 0 radical (unpaired) electrons. The minimum absolute atomic E-state index is 0.265. The van der Waals surface area contributed by atoms with Crippen molar-refractivity contribution in [1.82, 2.24) is 4.90 Å². The molecule has 1 aliphatic carbocycles. The van der Waals surface area contributed by atoms with Crippen LogP contribution in [0, 0.1) is 5.92 Å². The van der Waals surface area contributed by atoms with E-state index in [1.807, 2.05) is 18.2 Å². The van der Waals surface area contributed by atoms with Gasteiger partial charge in [0.1, 0.15) is 0 Å². The van der Waals surface area contributed by atoms with Gasteiger partial charge in [0.2, 0.25) is 0 Å². The molecule has 2 aliphatic heterocycles. The topological polar surface area (TPSA) is 38.8 Å².